The quantitative estimate of drug-likeness (QED) is 0.520. The van der Waals surface area contributed by atoms with Gasteiger partial charge in [-0.3, -0.25) is 4.79 Å². The number of amides is 1. The first-order valence-electron chi connectivity index (χ1n) is 13.4. The number of likely N-dealkylation sites (tertiary alicyclic amines) is 1. The third-order valence-corrected chi connectivity index (χ3v) is 7.98. The molecule has 0 unspecified atom stereocenters. The van der Waals surface area contributed by atoms with E-state index in [0.29, 0.717) is 18.0 Å². The minimum absolute atomic E-state index is 0.0306. The Morgan fingerprint density at radius 2 is 1.94 bits per heavy atom. The Kier molecular flexibility index (Phi) is 7.13. The summed E-state index contributed by atoms with van der Waals surface area (Å²) >= 11 is 0. The fraction of sp³-hybridized carbons (Fsp3) is 0.517. The van der Waals surface area contributed by atoms with E-state index in [2.05, 4.69) is 31.9 Å². The molecule has 0 bridgehead atoms. The van der Waals surface area contributed by atoms with E-state index in [0.717, 1.165) is 54.6 Å². The molecule has 4 heterocycles. The van der Waals surface area contributed by atoms with Crippen molar-refractivity contribution in [2.24, 2.45) is 5.92 Å². The zero-order valence-electron chi connectivity index (χ0n) is 21.9. The molecule has 0 radical (unpaired) electrons. The molecule has 2 fully saturated rings. The smallest absolute Gasteiger partial charge is 0.254 e. The van der Waals surface area contributed by atoms with Gasteiger partial charge in [-0.1, -0.05) is 6.07 Å². The van der Waals surface area contributed by atoms with Crippen LogP contribution in [0.15, 0.2) is 36.7 Å². The van der Waals surface area contributed by atoms with Gasteiger partial charge in [0.15, 0.2) is 0 Å². The Morgan fingerprint density at radius 1 is 1.19 bits per heavy atom. The van der Waals surface area contributed by atoms with Crippen molar-refractivity contribution >= 4 is 11.4 Å². The molecule has 1 amide bonds. The number of carbonyl (C=O) groups is 1. The van der Waals surface area contributed by atoms with Crippen LogP contribution in [-0.2, 0) is 0 Å². The van der Waals surface area contributed by atoms with Crippen molar-refractivity contribution in [3.05, 3.63) is 59.4 Å². The van der Waals surface area contributed by atoms with Crippen LogP contribution in [-0.4, -0.2) is 70.4 Å². The topological polar surface area (TPSA) is 52.9 Å². The number of nitrogens with zero attached hydrogens (tertiary/aromatic N) is 4. The molecular weight excluding hydrogens is 453 g/mol. The number of hydrogen-bond donors (Lipinski definition) is 1. The average molecular weight is 492 g/mol. The van der Waals surface area contributed by atoms with E-state index in [1.165, 1.54) is 37.1 Å². The third kappa shape index (κ3) is 4.78. The number of rotatable bonds is 7. The molecule has 0 saturated carbocycles. The van der Waals surface area contributed by atoms with Crippen molar-refractivity contribution in [3.63, 3.8) is 0 Å². The summed E-state index contributed by atoms with van der Waals surface area (Å²) < 4.78 is 16.5. The number of hydrogen-bond acceptors (Lipinski definition) is 4. The molecule has 7 heteroatoms. The van der Waals surface area contributed by atoms with Crippen LogP contribution in [0.1, 0.15) is 61.3 Å². The number of carbonyl (C=O) groups excluding carboxylic acids is 1. The highest BCUT2D eigenvalue weighted by Crippen LogP contribution is 2.36. The van der Waals surface area contributed by atoms with Gasteiger partial charge >= 0.3 is 0 Å². The van der Waals surface area contributed by atoms with Gasteiger partial charge in [-0.15, -0.1) is 0 Å². The van der Waals surface area contributed by atoms with Gasteiger partial charge in [-0.05, 0) is 88.9 Å². The number of piperidine rings is 1. The molecule has 192 valence electrons. The molecule has 3 aromatic rings. The molecule has 5 rings (SSSR count). The number of aryl methyl sites for hydroxylation is 1. The monoisotopic (exact) mass is 491 g/mol. The normalized spacial score (nSPS) is 17.6. The molecule has 1 N–H and O–H groups in total. The van der Waals surface area contributed by atoms with Crippen molar-refractivity contribution in [2.45, 2.75) is 52.5 Å². The van der Waals surface area contributed by atoms with Crippen molar-refractivity contribution in [1.29, 1.82) is 0 Å². The van der Waals surface area contributed by atoms with Crippen molar-refractivity contribution in [2.75, 3.05) is 39.3 Å². The van der Waals surface area contributed by atoms with Gasteiger partial charge in [0, 0.05) is 49.9 Å². The van der Waals surface area contributed by atoms with E-state index < -0.39 is 5.82 Å². The minimum atomic E-state index is -0.397. The van der Waals surface area contributed by atoms with Gasteiger partial charge in [0.05, 0.1) is 17.3 Å². The lowest BCUT2D eigenvalue weighted by atomic mass is 9.87. The van der Waals surface area contributed by atoms with Gasteiger partial charge in [0.2, 0.25) is 0 Å². The van der Waals surface area contributed by atoms with Crippen LogP contribution >= 0.6 is 0 Å². The summed E-state index contributed by atoms with van der Waals surface area (Å²) in [5.41, 5.74) is 4.30. The lowest BCUT2D eigenvalue weighted by Crippen LogP contribution is -2.48. The van der Waals surface area contributed by atoms with Gasteiger partial charge in [0.25, 0.3) is 5.91 Å². The van der Waals surface area contributed by atoms with Gasteiger partial charge in [0.1, 0.15) is 11.6 Å². The zero-order valence-corrected chi connectivity index (χ0v) is 21.9. The lowest BCUT2D eigenvalue weighted by Gasteiger charge is -2.42. The molecule has 2 saturated heterocycles. The summed E-state index contributed by atoms with van der Waals surface area (Å²) in [4.78, 5) is 22.5. The SMILES string of the molecule is CCN(C(=O)c1cc(F)ccc1-c1cc(C2CN(CC3CCNCC3)C2)cn2c(C)ncc12)C(C)C. The molecule has 6 nitrogen and oxygen atoms in total. The van der Waals surface area contributed by atoms with E-state index in [1.807, 2.05) is 33.9 Å². The number of benzene rings is 1. The highest BCUT2D eigenvalue weighted by Gasteiger charge is 2.31. The number of halogens is 1. The standard InChI is InChI=1S/C29H38FN5O/c1-5-34(19(2)3)29(36)27-13-24(30)6-7-25(27)26-12-22(18-35-20(4)32-14-28(26)35)23-16-33(17-23)15-21-8-10-31-11-9-21/h6-7,12-14,18-19,21,23,31H,5,8-11,15-17H2,1-4H3. The number of aromatic nitrogens is 2. The van der Waals surface area contributed by atoms with Gasteiger partial charge in [-0.25, -0.2) is 9.37 Å². The van der Waals surface area contributed by atoms with Crippen LogP contribution in [0.4, 0.5) is 4.39 Å². The first-order chi connectivity index (χ1) is 17.4. The van der Waals surface area contributed by atoms with Crippen molar-refractivity contribution in [3.8, 4) is 11.1 Å². The average Bonchev–Trinajstić information content (AvgIpc) is 3.22. The van der Waals surface area contributed by atoms with E-state index in [9.17, 15) is 9.18 Å². The van der Waals surface area contributed by atoms with Crippen LogP contribution < -0.4 is 5.32 Å². The second-order valence-electron chi connectivity index (χ2n) is 10.7. The molecule has 1 aromatic carbocycles. The first kappa shape index (κ1) is 24.9. The molecule has 36 heavy (non-hydrogen) atoms. The summed E-state index contributed by atoms with van der Waals surface area (Å²) in [6.45, 7) is 14.1. The van der Waals surface area contributed by atoms with Gasteiger partial charge in [-0.2, -0.15) is 0 Å². The van der Waals surface area contributed by atoms with Crippen LogP contribution in [0.25, 0.3) is 16.6 Å². The summed E-state index contributed by atoms with van der Waals surface area (Å²) in [7, 11) is 0. The minimum Gasteiger partial charge on any atom is -0.336 e. The predicted molar refractivity (Wildman–Crippen MR) is 142 cm³/mol. The summed E-state index contributed by atoms with van der Waals surface area (Å²) in [5.74, 6) is 1.60. The zero-order chi connectivity index (χ0) is 25.4. The number of imidazole rings is 1. The van der Waals surface area contributed by atoms with Crippen LogP contribution in [0.2, 0.25) is 0 Å². The fourth-order valence-corrected chi connectivity index (χ4v) is 5.87. The lowest BCUT2D eigenvalue weighted by molar-refractivity contribution is 0.0717. The van der Waals surface area contributed by atoms with Gasteiger partial charge < -0.3 is 19.5 Å². The largest absolute Gasteiger partial charge is 0.336 e. The highest BCUT2D eigenvalue weighted by molar-refractivity contribution is 6.03. The second kappa shape index (κ2) is 10.3. The van der Waals surface area contributed by atoms with Crippen LogP contribution in [0.5, 0.6) is 0 Å². The molecule has 0 atom stereocenters. The second-order valence-corrected chi connectivity index (χ2v) is 10.7. The van der Waals surface area contributed by atoms with Crippen molar-refractivity contribution < 1.29 is 9.18 Å². The van der Waals surface area contributed by atoms with E-state index in [-0.39, 0.29) is 11.9 Å². The number of pyridine rings is 1. The summed E-state index contributed by atoms with van der Waals surface area (Å²) in [5, 5.41) is 3.46. The maximum atomic E-state index is 14.4. The number of nitrogens with one attached hydrogen (secondary N) is 1. The highest BCUT2D eigenvalue weighted by atomic mass is 19.1. The third-order valence-electron chi connectivity index (χ3n) is 7.98. The fourth-order valence-electron chi connectivity index (χ4n) is 5.87. The van der Waals surface area contributed by atoms with Crippen LogP contribution in [0, 0.1) is 18.7 Å². The molecule has 2 aliphatic rings. The van der Waals surface area contributed by atoms with Crippen molar-refractivity contribution in [1.82, 2.24) is 24.5 Å². The van der Waals surface area contributed by atoms with E-state index >= 15 is 0 Å². The molecule has 2 aliphatic heterocycles. The maximum absolute atomic E-state index is 14.4. The van der Waals surface area contributed by atoms with E-state index in [1.54, 1.807) is 11.0 Å². The molecule has 0 spiro atoms. The summed E-state index contributed by atoms with van der Waals surface area (Å²) in [6.07, 6.45) is 6.58. The Balaban J connectivity index is 1.49. The maximum Gasteiger partial charge on any atom is 0.254 e. The summed E-state index contributed by atoms with van der Waals surface area (Å²) in [6, 6.07) is 6.83. The van der Waals surface area contributed by atoms with Crippen LogP contribution in [0.3, 0.4) is 0 Å². The Bertz CT molecular complexity index is 1240. The first-order valence-corrected chi connectivity index (χ1v) is 13.4. The molecule has 2 aromatic heterocycles. The molecular formula is C29H38FN5O. The Labute approximate surface area is 213 Å². The Hall–Kier alpha value is -2.77. The number of fused-ring (bicyclic) bond motifs is 1. The predicted octanol–water partition coefficient (Wildman–Crippen LogP) is 4.72. The Morgan fingerprint density at radius 3 is 2.64 bits per heavy atom. The molecule has 0 aliphatic carbocycles. The van der Waals surface area contributed by atoms with E-state index in [4.69, 9.17) is 0 Å².